The number of carbonyl (C=O) groups excluding carboxylic acids is 2. The van der Waals surface area contributed by atoms with Gasteiger partial charge < -0.3 is 10.1 Å². The van der Waals surface area contributed by atoms with Crippen molar-refractivity contribution in [1.29, 1.82) is 0 Å². The van der Waals surface area contributed by atoms with Crippen LogP contribution in [0.3, 0.4) is 0 Å². The van der Waals surface area contributed by atoms with Crippen LogP contribution < -0.4 is 5.32 Å². The first-order valence-corrected chi connectivity index (χ1v) is 10.0. The number of ether oxygens (including phenoxy) is 1. The molecule has 29 heavy (non-hydrogen) atoms. The number of fused-ring (bicyclic) bond motifs is 2. The van der Waals surface area contributed by atoms with E-state index in [1.165, 1.54) is 0 Å². The van der Waals surface area contributed by atoms with E-state index < -0.39 is 5.97 Å². The number of aryl methyl sites for hydroxylation is 1. The van der Waals surface area contributed by atoms with E-state index in [1.54, 1.807) is 12.1 Å². The minimum atomic E-state index is -0.476. The highest BCUT2D eigenvalue weighted by Crippen LogP contribution is 2.30. The molecule has 0 radical (unpaired) electrons. The van der Waals surface area contributed by atoms with Crippen molar-refractivity contribution in [3.05, 3.63) is 75.9 Å². The molecule has 5 nitrogen and oxygen atoms in total. The highest BCUT2D eigenvalue weighted by Gasteiger charge is 2.25. The van der Waals surface area contributed by atoms with Crippen molar-refractivity contribution >= 4 is 34.4 Å². The Hall–Kier alpha value is -2.92. The molecule has 6 heteroatoms. The summed E-state index contributed by atoms with van der Waals surface area (Å²) in [6.07, 6.45) is 2.63. The molecular formula is C23H21ClN2O3. The molecule has 0 aliphatic heterocycles. The summed E-state index contributed by atoms with van der Waals surface area (Å²) in [5.74, 6) is -0.827. The number of nitrogens with zero attached hydrogens (tertiary/aromatic N) is 1. The van der Waals surface area contributed by atoms with Gasteiger partial charge in [-0.1, -0.05) is 41.9 Å². The maximum absolute atomic E-state index is 12.9. The second-order valence-corrected chi connectivity index (χ2v) is 7.64. The van der Waals surface area contributed by atoms with Crippen LogP contribution in [0, 0.1) is 0 Å². The predicted octanol–water partition coefficient (Wildman–Crippen LogP) is 4.41. The standard InChI is InChI=1S/C23H21ClN2O3/c1-14(15-9-11-16(24)12-10-15)25-21(27)13-29-23(28)22-17-5-2-3-7-19(17)26-20-8-4-6-18(20)22/h2-3,5,7,9-12,14H,4,6,8,13H2,1H3,(H,25,27)/t14-/m0/s1. The summed E-state index contributed by atoms with van der Waals surface area (Å²) in [6.45, 7) is 1.54. The van der Waals surface area contributed by atoms with Crippen LogP contribution in [0.2, 0.25) is 5.02 Å². The highest BCUT2D eigenvalue weighted by atomic mass is 35.5. The Labute approximate surface area is 174 Å². The maximum atomic E-state index is 12.9. The molecule has 0 unspecified atom stereocenters. The monoisotopic (exact) mass is 408 g/mol. The van der Waals surface area contributed by atoms with E-state index in [9.17, 15) is 9.59 Å². The molecule has 0 bridgehead atoms. The van der Waals surface area contributed by atoms with Gasteiger partial charge in [0.15, 0.2) is 6.61 Å². The molecule has 148 valence electrons. The summed E-state index contributed by atoms with van der Waals surface area (Å²) < 4.78 is 5.38. The molecule has 1 N–H and O–H groups in total. The molecule has 1 aliphatic carbocycles. The van der Waals surface area contributed by atoms with E-state index in [-0.39, 0.29) is 18.6 Å². The summed E-state index contributed by atoms with van der Waals surface area (Å²) in [5.41, 5.74) is 4.15. The Morgan fingerprint density at radius 3 is 2.69 bits per heavy atom. The lowest BCUT2D eigenvalue weighted by atomic mass is 10.0. The fourth-order valence-corrected chi connectivity index (χ4v) is 3.89. The minimum Gasteiger partial charge on any atom is -0.452 e. The molecule has 1 heterocycles. The third-order valence-electron chi connectivity index (χ3n) is 5.21. The Balaban J connectivity index is 1.46. The Kier molecular flexibility index (Phi) is 5.49. The molecule has 1 atom stereocenters. The molecule has 1 amide bonds. The Morgan fingerprint density at radius 2 is 1.90 bits per heavy atom. The molecule has 0 fully saturated rings. The number of para-hydroxylation sites is 1. The number of esters is 1. The number of rotatable bonds is 5. The van der Waals surface area contributed by atoms with Gasteiger partial charge in [-0.15, -0.1) is 0 Å². The van der Waals surface area contributed by atoms with Gasteiger partial charge in [0.1, 0.15) is 0 Å². The molecular weight excluding hydrogens is 388 g/mol. The lowest BCUT2D eigenvalue weighted by Crippen LogP contribution is -2.31. The number of hydrogen-bond acceptors (Lipinski definition) is 4. The number of halogens is 1. The van der Waals surface area contributed by atoms with Crippen molar-refractivity contribution in [2.24, 2.45) is 0 Å². The highest BCUT2D eigenvalue weighted by molar-refractivity contribution is 6.30. The second-order valence-electron chi connectivity index (χ2n) is 7.20. The largest absolute Gasteiger partial charge is 0.452 e. The van der Waals surface area contributed by atoms with Crippen LogP contribution in [0.4, 0.5) is 0 Å². The van der Waals surface area contributed by atoms with Crippen molar-refractivity contribution in [2.45, 2.75) is 32.2 Å². The van der Waals surface area contributed by atoms with Crippen molar-refractivity contribution < 1.29 is 14.3 Å². The number of hydrogen-bond donors (Lipinski definition) is 1. The third kappa shape index (κ3) is 4.10. The van der Waals surface area contributed by atoms with Crippen molar-refractivity contribution in [2.75, 3.05) is 6.61 Å². The smallest absolute Gasteiger partial charge is 0.339 e. The fourth-order valence-electron chi connectivity index (χ4n) is 3.77. The first kappa shape index (κ1) is 19.4. The fraction of sp³-hybridized carbons (Fsp3) is 0.261. The van der Waals surface area contributed by atoms with Crippen molar-refractivity contribution in [1.82, 2.24) is 10.3 Å². The zero-order chi connectivity index (χ0) is 20.4. The zero-order valence-corrected chi connectivity index (χ0v) is 16.8. The van der Waals surface area contributed by atoms with Crippen LogP contribution in [0.5, 0.6) is 0 Å². The van der Waals surface area contributed by atoms with Gasteiger partial charge in [-0.05, 0) is 55.5 Å². The van der Waals surface area contributed by atoms with Crippen LogP contribution >= 0.6 is 11.6 Å². The topological polar surface area (TPSA) is 68.3 Å². The third-order valence-corrected chi connectivity index (χ3v) is 5.46. The molecule has 1 aromatic heterocycles. The number of aromatic nitrogens is 1. The van der Waals surface area contributed by atoms with E-state index in [4.69, 9.17) is 16.3 Å². The summed E-state index contributed by atoms with van der Waals surface area (Å²) in [7, 11) is 0. The molecule has 0 saturated heterocycles. The summed E-state index contributed by atoms with van der Waals surface area (Å²) in [4.78, 5) is 29.8. The molecule has 1 aliphatic rings. The van der Waals surface area contributed by atoms with Gasteiger partial charge in [0.25, 0.3) is 5.91 Å². The normalized spacial score (nSPS) is 13.7. The van der Waals surface area contributed by atoms with Crippen LogP contribution in [0.25, 0.3) is 10.9 Å². The number of benzene rings is 2. The number of amides is 1. The Bertz CT molecular complexity index is 1080. The lowest BCUT2D eigenvalue weighted by molar-refractivity contribution is -0.124. The SMILES string of the molecule is C[C@H](NC(=O)COC(=O)c1c2c(nc3ccccc13)CCC2)c1ccc(Cl)cc1. The van der Waals surface area contributed by atoms with Crippen LogP contribution in [-0.4, -0.2) is 23.5 Å². The van der Waals surface area contributed by atoms with Gasteiger partial charge >= 0.3 is 5.97 Å². The first-order chi connectivity index (χ1) is 14.0. The maximum Gasteiger partial charge on any atom is 0.339 e. The number of carbonyl (C=O) groups is 2. The number of pyridine rings is 1. The van der Waals surface area contributed by atoms with Gasteiger partial charge in [-0.25, -0.2) is 4.79 Å². The average molecular weight is 409 g/mol. The molecule has 4 rings (SSSR count). The summed E-state index contributed by atoms with van der Waals surface area (Å²) >= 11 is 5.90. The molecule has 3 aromatic rings. The minimum absolute atomic E-state index is 0.218. The van der Waals surface area contributed by atoms with Crippen molar-refractivity contribution in [3.8, 4) is 0 Å². The van der Waals surface area contributed by atoms with Crippen LogP contribution in [0.1, 0.15) is 46.6 Å². The van der Waals surface area contributed by atoms with E-state index in [0.717, 1.165) is 47.0 Å². The van der Waals surface area contributed by atoms with E-state index in [2.05, 4.69) is 10.3 Å². The second kappa shape index (κ2) is 8.21. The lowest BCUT2D eigenvalue weighted by Gasteiger charge is -2.15. The van der Waals surface area contributed by atoms with Gasteiger partial charge in [0.2, 0.25) is 0 Å². The molecule has 0 saturated carbocycles. The van der Waals surface area contributed by atoms with E-state index >= 15 is 0 Å². The summed E-state index contributed by atoms with van der Waals surface area (Å²) in [5, 5.41) is 4.25. The van der Waals surface area contributed by atoms with Crippen molar-refractivity contribution in [3.63, 3.8) is 0 Å². The van der Waals surface area contributed by atoms with E-state index in [1.807, 2.05) is 43.3 Å². The number of nitrogens with one attached hydrogen (secondary N) is 1. The summed E-state index contributed by atoms with van der Waals surface area (Å²) in [6, 6.07) is 14.6. The average Bonchev–Trinajstić information content (AvgIpc) is 3.18. The molecule has 2 aromatic carbocycles. The van der Waals surface area contributed by atoms with Gasteiger partial charge in [-0.3, -0.25) is 9.78 Å². The zero-order valence-electron chi connectivity index (χ0n) is 16.1. The van der Waals surface area contributed by atoms with Crippen LogP contribution in [-0.2, 0) is 22.4 Å². The van der Waals surface area contributed by atoms with Gasteiger partial charge in [0.05, 0.1) is 17.1 Å². The predicted molar refractivity (Wildman–Crippen MR) is 112 cm³/mol. The first-order valence-electron chi connectivity index (χ1n) is 9.65. The van der Waals surface area contributed by atoms with Gasteiger partial charge in [0, 0.05) is 16.1 Å². The van der Waals surface area contributed by atoms with Crippen LogP contribution in [0.15, 0.2) is 48.5 Å². The van der Waals surface area contributed by atoms with Gasteiger partial charge in [-0.2, -0.15) is 0 Å². The quantitative estimate of drug-likeness (QED) is 0.635. The molecule has 0 spiro atoms. The Morgan fingerprint density at radius 1 is 1.14 bits per heavy atom. The van der Waals surface area contributed by atoms with E-state index in [0.29, 0.717) is 10.6 Å².